The van der Waals surface area contributed by atoms with E-state index in [1.54, 1.807) is 18.2 Å². The average Bonchev–Trinajstić information content (AvgIpc) is 2.31. The molecule has 1 unspecified atom stereocenters. The Balaban J connectivity index is 2.79. The third-order valence-corrected chi connectivity index (χ3v) is 3.43. The minimum atomic E-state index is -0.0815. The van der Waals surface area contributed by atoms with E-state index in [-0.39, 0.29) is 11.9 Å². The summed E-state index contributed by atoms with van der Waals surface area (Å²) in [6.45, 7) is 3.88. The molecule has 1 N–H and O–H groups in total. The summed E-state index contributed by atoms with van der Waals surface area (Å²) in [5, 5.41) is 3.58. The zero-order valence-electron chi connectivity index (χ0n) is 10.1. The quantitative estimate of drug-likeness (QED) is 0.813. The highest BCUT2D eigenvalue weighted by atomic mass is 35.5. The molecule has 0 spiro atoms. The molecule has 0 fully saturated rings. The maximum absolute atomic E-state index is 12.0. The van der Waals surface area contributed by atoms with Gasteiger partial charge < -0.3 is 5.32 Å². The van der Waals surface area contributed by atoms with Crippen LogP contribution in [-0.2, 0) is 0 Å². The fourth-order valence-electron chi connectivity index (χ4n) is 1.63. The third kappa shape index (κ3) is 3.90. The second-order valence-corrected chi connectivity index (χ2v) is 4.75. The molecule has 1 amide bonds. The normalized spacial score (nSPS) is 12.2. The lowest BCUT2D eigenvalue weighted by Gasteiger charge is -2.16. The number of hydrogen-bond donors (Lipinski definition) is 1. The summed E-state index contributed by atoms with van der Waals surface area (Å²) in [5.41, 5.74) is 1.44. The average molecular weight is 274 g/mol. The molecule has 1 rings (SSSR count). The van der Waals surface area contributed by atoms with Gasteiger partial charge in [-0.1, -0.05) is 24.6 Å². The Labute approximate surface area is 112 Å². The molecule has 0 aromatic heterocycles. The van der Waals surface area contributed by atoms with Gasteiger partial charge in [0.25, 0.3) is 5.91 Å². The summed E-state index contributed by atoms with van der Waals surface area (Å²) in [7, 11) is 0. The maximum atomic E-state index is 12.0. The number of rotatable bonds is 5. The molecule has 94 valence electrons. The number of nitrogens with one attached hydrogen (secondary N) is 1. The molecule has 1 aromatic carbocycles. The van der Waals surface area contributed by atoms with E-state index >= 15 is 0 Å². The second kappa shape index (κ2) is 6.87. The summed E-state index contributed by atoms with van der Waals surface area (Å²) in [6.07, 6.45) is 1.65. The van der Waals surface area contributed by atoms with Crippen molar-refractivity contribution in [1.82, 2.24) is 5.32 Å². The van der Waals surface area contributed by atoms with Crippen LogP contribution in [-0.4, -0.2) is 17.8 Å². The molecule has 17 heavy (non-hydrogen) atoms. The first-order valence-corrected chi connectivity index (χ1v) is 6.63. The van der Waals surface area contributed by atoms with Crippen molar-refractivity contribution >= 4 is 29.1 Å². The summed E-state index contributed by atoms with van der Waals surface area (Å²) in [5.74, 6) is 0.467. The van der Waals surface area contributed by atoms with E-state index in [2.05, 4.69) is 5.32 Å². The monoisotopic (exact) mass is 273 g/mol. The van der Waals surface area contributed by atoms with E-state index < -0.39 is 0 Å². The third-order valence-electron chi connectivity index (χ3n) is 2.80. The van der Waals surface area contributed by atoms with Gasteiger partial charge >= 0.3 is 0 Å². The lowest BCUT2D eigenvalue weighted by molar-refractivity contribution is 0.0934. The molecule has 0 aliphatic heterocycles. The van der Waals surface area contributed by atoms with Gasteiger partial charge in [0.15, 0.2) is 0 Å². The van der Waals surface area contributed by atoms with Gasteiger partial charge in [-0.15, -0.1) is 11.6 Å². The molecule has 0 saturated carbocycles. The van der Waals surface area contributed by atoms with E-state index in [4.69, 9.17) is 23.2 Å². The van der Waals surface area contributed by atoms with Crippen LogP contribution in [0.2, 0.25) is 5.02 Å². The molecule has 0 aliphatic carbocycles. The van der Waals surface area contributed by atoms with E-state index in [1.807, 2.05) is 13.8 Å². The van der Waals surface area contributed by atoms with Crippen molar-refractivity contribution in [2.24, 2.45) is 0 Å². The first-order chi connectivity index (χ1) is 8.10. The van der Waals surface area contributed by atoms with E-state index in [0.29, 0.717) is 16.5 Å². The molecule has 0 aliphatic rings. The summed E-state index contributed by atoms with van der Waals surface area (Å²) >= 11 is 11.7. The predicted molar refractivity (Wildman–Crippen MR) is 73.1 cm³/mol. The second-order valence-electron chi connectivity index (χ2n) is 3.97. The van der Waals surface area contributed by atoms with Gasteiger partial charge in [-0.2, -0.15) is 0 Å². The van der Waals surface area contributed by atoms with Crippen molar-refractivity contribution in [3.63, 3.8) is 0 Å². The molecule has 2 nitrogen and oxygen atoms in total. The van der Waals surface area contributed by atoms with Crippen LogP contribution in [0.15, 0.2) is 18.2 Å². The zero-order chi connectivity index (χ0) is 12.8. The highest BCUT2D eigenvalue weighted by Gasteiger charge is 2.14. The lowest BCUT2D eigenvalue weighted by atomic mass is 10.1. The van der Waals surface area contributed by atoms with Gasteiger partial charge in [-0.05, 0) is 37.5 Å². The molecule has 0 bridgehead atoms. The first kappa shape index (κ1) is 14.3. The van der Waals surface area contributed by atoms with Crippen LogP contribution in [0.25, 0.3) is 0 Å². The van der Waals surface area contributed by atoms with Crippen molar-refractivity contribution in [1.29, 1.82) is 0 Å². The maximum Gasteiger partial charge on any atom is 0.251 e. The fraction of sp³-hybridized carbons (Fsp3) is 0.462. The van der Waals surface area contributed by atoms with Crippen molar-refractivity contribution in [3.05, 3.63) is 34.3 Å². The van der Waals surface area contributed by atoms with Crippen LogP contribution in [0.5, 0.6) is 0 Å². The van der Waals surface area contributed by atoms with Gasteiger partial charge in [-0.25, -0.2) is 0 Å². The highest BCUT2D eigenvalue weighted by molar-refractivity contribution is 6.31. The number of hydrogen-bond acceptors (Lipinski definition) is 1. The molecule has 0 heterocycles. The summed E-state index contributed by atoms with van der Waals surface area (Å²) in [4.78, 5) is 12.0. The Morgan fingerprint density at radius 2 is 2.18 bits per heavy atom. The van der Waals surface area contributed by atoms with Crippen LogP contribution < -0.4 is 5.32 Å². The van der Waals surface area contributed by atoms with Gasteiger partial charge in [0.1, 0.15) is 0 Å². The van der Waals surface area contributed by atoms with E-state index in [0.717, 1.165) is 18.4 Å². The number of carbonyl (C=O) groups is 1. The Morgan fingerprint density at radius 3 is 2.76 bits per heavy atom. The molecule has 0 saturated heterocycles. The Kier molecular flexibility index (Phi) is 5.79. The van der Waals surface area contributed by atoms with Gasteiger partial charge in [0, 0.05) is 22.5 Å². The van der Waals surface area contributed by atoms with E-state index in [1.165, 1.54) is 0 Å². The zero-order valence-corrected chi connectivity index (χ0v) is 11.6. The summed E-state index contributed by atoms with van der Waals surface area (Å²) < 4.78 is 0. The molecule has 1 aromatic rings. The lowest BCUT2D eigenvalue weighted by Crippen LogP contribution is -2.35. The molecule has 1 atom stereocenters. The first-order valence-electron chi connectivity index (χ1n) is 5.72. The van der Waals surface area contributed by atoms with Crippen LogP contribution in [0.4, 0.5) is 0 Å². The van der Waals surface area contributed by atoms with Crippen molar-refractivity contribution in [2.75, 3.05) is 5.88 Å². The smallest absolute Gasteiger partial charge is 0.251 e. The van der Waals surface area contributed by atoms with Gasteiger partial charge in [-0.3, -0.25) is 4.79 Å². The summed E-state index contributed by atoms with van der Waals surface area (Å²) in [6, 6.07) is 5.47. The van der Waals surface area contributed by atoms with Crippen molar-refractivity contribution in [3.8, 4) is 0 Å². The van der Waals surface area contributed by atoms with Gasteiger partial charge in [0.2, 0.25) is 0 Å². The van der Waals surface area contributed by atoms with Gasteiger partial charge in [0.05, 0.1) is 0 Å². The minimum Gasteiger partial charge on any atom is -0.349 e. The van der Waals surface area contributed by atoms with E-state index in [9.17, 15) is 4.79 Å². The Morgan fingerprint density at radius 1 is 1.47 bits per heavy atom. The SMILES string of the molecule is CCC(CCCl)NC(=O)c1cccc(Cl)c1C. The number of carbonyl (C=O) groups excluding carboxylic acids is 1. The molecular formula is C13H17Cl2NO. The predicted octanol–water partition coefficient (Wildman–Crippen LogP) is 3.79. The molecular weight excluding hydrogens is 257 g/mol. The van der Waals surface area contributed by atoms with Crippen molar-refractivity contribution in [2.45, 2.75) is 32.7 Å². The molecule has 4 heteroatoms. The van der Waals surface area contributed by atoms with Crippen LogP contribution in [0.3, 0.4) is 0 Å². The number of halogens is 2. The van der Waals surface area contributed by atoms with Crippen molar-refractivity contribution < 1.29 is 4.79 Å². The van der Waals surface area contributed by atoms with Crippen LogP contribution >= 0.6 is 23.2 Å². The Hall–Kier alpha value is -0.730. The topological polar surface area (TPSA) is 29.1 Å². The number of benzene rings is 1. The fourth-order valence-corrected chi connectivity index (χ4v) is 2.06. The Bertz CT molecular complexity index is 393. The largest absolute Gasteiger partial charge is 0.349 e. The number of alkyl halides is 1. The molecule has 0 radical (unpaired) electrons. The van der Waals surface area contributed by atoms with Crippen LogP contribution in [0, 0.1) is 6.92 Å². The minimum absolute atomic E-state index is 0.0815. The van der Waals surface area contributed by atoms with Crippen LogP contribution in [0.1, 0.15) is 35.7 Å². The number of amides is 1. The standard InChI is InChI=1S/C13H17Cl2NO/c1-3-10(7-8-14)16-13(17)11-5-4-6-12(15)9(11)2/h4-6,10H,3,7-8H2,1-2H3,(H,16,17). The highest BCUT2D eigenvalue weighted by Crippen LogP contribution is 2.18.